The summed E-state index contributed by atoms with van der Waals surface area (Å²) in [4.78, 5) is 0. The lowest BCUT2D eigenvalue weighted by Gasteiger charge is -2.21. The Kier molecular flexibility index (Phi) is 7.06. The largest absolute Gasteiger partial charge is 0.504 e. The highest BCUT2D eigenvalue weighted by Crippen LogP contribution is 2.30. The lowest BCUT2D eigenvalue weighted by molar-refractivity contribution is 0.121. The Morgan fingerprint density at radius 1 is 1.33 bits per heavy atom. The van der Waals surface area contributed by atoms with E-state index in [0.29, 0.717) is 23.7 Å². The quantitative estimate of drug-likeness (QED) is 0.770. The summed E-state index contributed by atoms with van der Waals surface area (Å²) in [5.41, 5.74) is 6.65. The molecule has 0 amide bonds. The number of methoxy groups -OCH3 is 1. The molecule has 1 aromatic rings. The predicted molar refractivity (Wildman–Crippen MR) is 74.3 cm³/mol. The Morgan fingerprint density at radius 3 is 2.39 bits per heavy atom. The second-order valence-electron chi connectivity index (χ2n) is 4.65. The first kappa shape index (κ1) is 17.0. The van der Waals surface area contributed by atoms with Crippen molar-refractivity contribution in [3.05, 3.63) is 23.8 Å². The lowest BCUT2D eigenvalue weighted by atomic mass is 9.95. The van der Waals surface area contributed by atoms with Gasteiger partial charge in [0.05, 0.1) is 19.3 Å². The van der Waals surface area contributed by atoms with Crippen LogP contribution in [-0.4, -0.2) is 23.4 Å². The van der Waals surface area contributed by atoms with Crippen LogP contribution in [0.5, 0.6) is 11.5 Å². The minimum absolute atomic E-state index is 0. The molecule has 0 bridgehead atoms. The number of nitrogens with two attached hydrogens (primary N) is 1. The molecule has 1 rings (SSSR count). The third-order valence-corrected chi connectivity index (χ3v) is 2.72. The van der Waals surface area contributed by atoms with Crippen LogP contribution < -0.4 is 10.5 Å². The number of aliphatic hydroxyl groups excluding tert-OH is 1. The second kappa shape index (κ2) is 7.46. The SMILES string of the molecule is COc1ccc([C@@H](N)[C@@H](O)CC(C)C)cc1O.Cl. The van der Waals surface area contributed by atoms with Gasteiger partial charge in [0, 0.05) is 0 Å². The van der Waals surface area contributed by atoms with Gasteiger partial charge in [-0.15, -0.1) is 12.4 Å². The molecule has 18 heavy (non-hydrogen) atoms. The zero-order valence-corrected chi connectivity index (χ0v) is 11.8. The lowest BCUT2D eigenvalue weighted by Crippen LogP contribution is -2.27. The summed E-state index contributed by atoms with van der Waals surface area (Å²) >= 11 is 0. The summed E-state index contributed by atoms with van der Waals surface area (Å²) in [7, 11) is 1.49. The number of phenolic OH excluding ortho intramolecular Hbond substituents is 1. The van der Waals surface area contributed by atoms with Crippen LogP contribution in [0.1, 0.15) is 31.9 Å². The van der Waals surface area contributed by atoms with Gasteiger partial charge in [-0.2, -0.15) is 0 Å². The molecule has 0 spiro atoms. The van der Waals surface area contributed by atoms with Crippen molar-refractivity contribution >= 4 is 12.4 Å². The molecule has 0 aliphatic carbocycles. The van der Waals surface area contributed by atoms with E-state index in [9.17, 15) is 10.2 Å². The maximum Gasteiger partial charge on any atom is 0.160 e. The molecular formula is C13H22ClNO3. The Hall–Kier alpha value is -0.970. The Balaban J connectivity index is 0.00000289. The Labute approximate surface area is 114 Å². The molecular weight excluding hydrogens is 254 g/mol. The normalized spacial score (nSPS) is 13.9. The fourth-order valence-corrected chi connectivity index (χ4v) is 1.77. The Bertz CT molecular complexity index is 371. The number of aliphatic hydroxyl groups is 1. The van der Waals surface area contributed by atoms with Crippen LogP contribution in [-0.2, 0) is 0 Å². The van der Waals surface area contributed by atoms with Crippen LogP contribution in [0.15, 0.2) is 18.2 Å². The van der Waals surface area contributed by atoms with Crippen molar-refractivity contribution in [2.24, 2.45) is 11.7 Å². The number of hydrogen-bond donors (Lipinski definition) is 3. The molecule has 0 saturated carbocycles. The number of aromatic hydroxyl groups is 1. The van der Waals surface area contributed by atoms with Gasteiger partial charge in [-0.25, -0.2) is 0 Å². The minimum Gasteiger partial charge on any atom is -0.504 e. The van der Waals surface area contributed by atoms with Crippen LogP contribution in [0.4, 0.5) is 0 Å². The van der Waals surface area contributed by atoms with Crippen molar-refractivity contribution in [3.8, 4) is 11.5 Å². The monoisotopic (exact) mass is 275 g/mol. The van der Waals surface area contributed by atoms with Gasteiger partial charge in [0.1, 0.15) is 0 Å². The standard InChI is InChI=1S/C13H21NO3.ClH/c1-8(2)6-11(16)13(14)9-4-5-12(17-3)10(15)7-9;/h4-5,7-8,11,13,15-16H,6,14H2,1-3H3;1H/t11-,13+;/m0./s1. The van der Waals surface area contributed by atoms with E-state index in [4.69, 9.17) is 10.5 Å². The molecule has 0 aliphatic rings. The van der Waals surface area contributed by atoms with Gasteiger partial charge < -0.3 is 20.7 Å². The summed E-state index contributed by atoms with van der Waals surface area (Å²) < 4.78 is 4.95. The molecule has 0 saturated heterocycles. The average molecular weight is 276 g/mol. The maximum absolute atomic E-state index is 9.92. The van der Waals surface area contributed by atoms with E-state index in [1.165, 1.54) is 13.2 Å². The van der Waals surface area contributed by atoms with Crippen molar-refractivity contribution in [2.75, 3.05) is 7.11 Å². The van der Waals surface area contributed by atoms with Crippen LogP contribution in [0.2, 0.25) is 0 Å². The van der Waals surface area contributed by atoms with Crippen molar-refractivity contribution in [3.63, 3.8) is 0 Å². The highest BCUT2D eigenvalue weighted by atomic mass is 35.5. The summed E-state index contributed by atoms with van der Waals surface area (Å²) in [6.07, 6.45) is 0.0244. The summed E-state index contributed by atoms with van der Waals surface area (Å²) in [6.45, 7) is 4.06. The molecule has 4 N–H and O–H groups in total. The third kappa shape index (κ3) is 4.37. The van der Waals surface area contributed by atoms with Crippen molar-refractivity contribution in [1.82, 2.24) is 0 Å². The van der Waals surface area contributed by atoms with Crippen molar-refractivity contribution in [2.45, 2.75) is 32.4 Å². The van der Waals surface area contributed by atoms with Gasteiger partial charge in [0.15, 0.2) is 11.5 Å². The number of halogens is 1. The number of rotatable bonds is 5. The number of ether oxygens (including phenoxy) is 1. The van der Waals surface area contributed by atoms with Gasteiger partial charge in [-0.05, 0) is 30.0 Å². The maximum atomic E-state index is 9.92. The summed E-state index contributed by atoms with van der Waals surface area (Å²) in [5.74, 6) is 0.819. The van der Waals surface area contributed by atoms with Gasteiger partial charge in [-0.3, -0.25) is 0 Å². The van der Waals surface area contributed by atoms with E-state index in [-0.39, 0.29) is 18.2 Å². The van der Waals surface area contributed by atoms with E-state index in [0.717, 1.165) is 0 Å². The first-order chi connectivity index (χ1) is 7.95. The fourth-order valence-electron chi connectivity index (χ4n) is 1.77. The molecule has 2 atom stereocenters. The average Bonchev–Trinajstić information content (AvgIpc) is 2.27. The number of benzene rings is 1. The smallest absolute Gasteiger partial charge is 0.160 e. The van der Waals surface area contributed by atoms with Gasteiger partial charge in [0.2, 0.25) is 0 Å². The van der Waals surface area contributed by atoms with E-state index >= 15 is 0 Å². The van der Waals surface area contributed by atoms with Crippen molar-refractivity contribution in [1.29, 1.82) is 0 Å². The van der Waals surface area contributed by atoms with E-state index < -0.39 is 12.1 Å². The van der Waals surface area contributed by atoms with Gasteiger partial charge in [-0.1, -0.05) is 19.9 Å². The van der Waals surface area contributed by atoms with E-state index in [2.05, 4.69) is 0 Å². The molecule has 0 unspecified atom stereocenters. The molecule has 0 heterocycles. The molecule has 0 aliphatic heterocycles. The zero-order valence-electron chi connectivity index (χ0n) is 11.0. The van der Waals surface area contributed by atoms with Crippen LogP contribution >= 0.6 is 12.4 Å². The number of hydrogen-bond acceptors (Lipinski definition) is 4. The summed E-state index contributed by atoms with van der Waals surface area (Å²) in [6, 6.07) is 4.45. The molecule has 4 nitrogen and oxygen atoms in total. The first-order valence-electron chi connectivity index (χ1n) is 5.76. The van der Waals surface area contributed by atoms with Crippen LogP contribution in [0.3, 0.4) is 0 Å². The minimum atomic E-state index is -0.609. The molecule has 5 heteroatoms. The van der Waals surface area contributed by atoms with E-state index in [1.54, 1.807) is 12.1 Å². The predicted octanol–water partition coefficient (Wildman–Crippen LogP) is 2.23. The molecule has 1 aromatic carbocycles. The second-order valence-corrected chi connectivity index (χ2v) is 4.65. The highest BCUT2D eigenvalue weighted by molar-refractivity contribution is 5.85. The highest BCUT2D eigenvalue weighted by Gasteiger charge is 2.19. The first-order valence-corrected chi connectivity index (χ1v) is 5.76. The number of phenols is 1. The van der Waals surface area contributed by atoms with Crippen LogP contribution in [0, 0.1) is 5.92 Å². The molecule has 104 valence electrons. The zero-order chi connectivity index (χ0) is 13.0. The van der Waals surface area contributed by atoms with Crippen LogP contribution in [0.25, 0.3) is 0 Å². The Morgan fingerprint density at radius 2 is 1.94 bits per heavy atom. The van der Waals surface area contributed by atoms with Gasteiger partial charge in [0.25, 0.3) is 0 Å². The molecule has 0 fully saturated rings. The molecule has 0 radical (unpaired) electrons. The topological polar surface area (TPSA) is 75.7 Å². The summed E-state index contributed by atoms with van der Waals surface area (Å²) in [5, 5.41) is 19.6. The fraction of sp³-hybridized carbons (Fsp3) is 0.538. The van der Waals surface area contributed by atoms with Crippen molar-refractivity contribution < 1.29 is 14.9 Å². The third-order valence-electron chi connectivity index (χ3n) is 2.72. The van der Waals surface area contributed by atoms with E-state index in [1.807, 2.05) is 13.8 Å². The van der Waals surface area contributed by atoms with Gasteiger partial charge >= 0.3 is 0 Å². The molecule has 0 aromatic heterocycles.